The number of fused-ring (bicyclic) bond motifs is 1. The molecule has 2 aromatic carbocycles. The van der Waals surface area contributed by atoms with Gasteiger partial charge in [0.1, 0.15) is 30.6 Å². The van der Waals surface area contributed by atoms with E-state index >= 15 is 0 Å². The zero-order chi connectivity index (χ0) is 28.9. The highest BCUT2D eigenvalue weighted by atomic mass is 35.5. The fourth-order valence-corrected chi connectivity index (χ4v) is 6.70. The lowest BCUT2D eigenvalue weighted by molar-refractivity contribution is 0.0727. The molecule has 2 fully saturated rings. The lowest BCUT2D eigenvalue weighted by Crippen LogP contribution is -2.40. The Kier molecular flexibility index (Phi) is 8.95. The molecular formula is C30H27ClFN5O3S2. The van der Waals surface area contributed by atoms with Crippen molar-refractivity contribution in [3.63, 3.8) is 0 Å². The number of carbonyl (C=O) groups excluding carboxylic acids is 1. The highest BCUT2D eigenvalue weighted by Crippen LogP contribution is 2.33. The molecule has 0 saturated carbocycles. The van der Waals surface area contributed by atoms with E-state index in [0.29, 0.717) is 35.1 Å². The number of nitrogens with zero attached hydrogens (tertiary/aromatic N) is 3. The van der Waals surface area contributed by atoms with Crippen LogP contribution in [0.15, 0.2) is 54.9 Å². The third-order valence-corrected chi connectivity index (χ3v) is 9.07. The molecule has 0 radical (unpaired) electrons. The summed E-state index contributed by atoms with van der Waals surface area (Å²) in [4.78, 5) is 23.9. The second-order valence-electron chi connectivity index (χ2n) is 9.81. The molecule has 0 bridgehead atoms. The van der Waals surface area contributed by atoms with Crippen LogP contribution < -0.4 is 15.4 Å². The third-order valence-electron chi connectivity index (χ3n) is 6.79. The molecule has 2 aliphatic heterocycles. The van der Waals surface area contributed by atoms with Crippen LogP contribution in [0.25, 0.3) is 10.2 Å². The summed E-state index contributed by atoms with van der Waals surface area (Å²) in [6, 6.07) is 13.5. The van der Waals surface area contributed by atoms with Crippen LogP contribution in [0.5, 0.6) is 5.75 Å². The molecule has 2 aromatic heterocycles. The van der Waals surface area contributed by atoms with Crippen molar-refractivity contribution in [3.05, 3.63) is 76.1 Å². The molecule has 2 saturated heterocycles. The van der Waals surface area contributed by atoms with Gasteiger partial charge in [0, 0.05) is 43.2 Å². The summed E-state index contributed by atoms with van der Waals surface area (Å²) >= 11 is 9.83. The van der Waals surface area contributed by atoms with Gasteiger partial charge in [-0.2, -0.15) is 11.8 Å². The van der Waals surface area contributed by atoms with Crippen molar-refractivity contribution in [1.82, 2.24) is 20.2 Å². The Balaban J connectivity index is 1.07. The molecule has 216 valence electrons. The van der Waals surface area contributed by atoms with Crippen LogP contribution in [-0.2, 0) is 11.3 Å². The molecule has 12 heteroatoms. The Labute approximate surface area is 256 Å². The highest BCUT2D eigenvalue weighted by molar-refractivity contribution is 7.99. The Morgan fingerprint density at radius 3 is 2.90 bits per heavy atom. The standard InChI is InChI=1S/C30H27ClFN5O3S2/c31-25-14-22(5-7-27(25)39-17-19-2-1-3-20(32)12-19)36-29-28-26(34-18-35-29)15-24(42-28)6-4-21-13-23(16-33-21)40-30(38)37-8-10-41-11-9-37/h1-3,5,7,12,14-15,18,21,23,33H,8-11,13,16-17H2,(H,34,35,36)/t21-,23-/m1/s1. The predicted octanol–water partition coefficient (Wildman–Crippen LogP) is 6.07. The summed E-state index contributed by atoms with van der Waals surface area (Å²) in [6.45, 7) is 2.28. The van der Waals surface area contributed by atoms with Gasteiger partial charge < -0.3 is 19.7 Å². The van der Waals surface area contributed by atoms with Gasteiger partial charge >= 0.3 is 6.09 Å². The van der Waals surface area contributed by atoms with Gasteiger partial charge in [-0.3, -0.25) is 5.32 Å². The van der Waals surface area contributed by atoms with Gasteiger partial charge in [-0.1, -0.05) is 35.6 Å². The first-order chi connectivity index (χ1) is 20.5. The summed E-state index contributed by atoms with van der Waals surface area (Å²) in [5, 5.41) is 7.08. The normalized spacial score (nSPS) is 18.4. The lowest BCUT2D eigenvalue weighted by atomic mass is 10.2. The van der Waals surface area contributed by atoms with Gasteiger partial charge in [0.2, 0.25) is 0 Å². The summed E-state index contributed by atoms with van der Waals surface area (Å²) in [7, 11) is 0. The maximum Gasteiger partial charge on any atom is 0.410 e. The van der Waals surface area contributed by atoms with E-state index in [1.807, 2.05) is 23.9 Å². The smallest absolute Gasteiger partial charge is 0.410 e. The number of ether oxygens (including phenoxy) is 2. The second kappa shape index (κ2) is 13.2. The topological polar surface area (TPSA) is 88.6 Å². The summed E-state index contributed by atoms with van der Waals surface area (Å²) in [5.41, 5.74) is 2.24. The van der Waals surface area contributed by atoms with Crippen LogP contribution in [0.1, 0.15) is 16.9 Å². The third kappa shape index (κ3) is 7.07. The maximum absolute atomic E-state index is 13.4. The monoisotopic (exact) mass is 623 g/mol. The molecule has 4 heterocycles. The maximum atomic E-state index is 13.4. The minimum atomic E-state index is -0.310. The minimum Gasteiger partial charge on any atom is -0.487 e. The van der Waals surface area contributed by atoms with Gasteiger partial charge in [0.15, 0.2) is 5.82 Å². The number of hydrogen-bond acceptors (Lipinski definition) is 9. The molecule has 1 amide bonds. The average molecular weight is 624 g/mol. The Morgan fingerprint density at radius 2 is 2.07 bits per heavy atom. The van der Waals surface area contributed by atoms with E-state index in [0.717, 1.165) is 45.4 Å². The molecule has 0 aliphatic carbocycles. The molecule has 2 N–H and O–H groups in total. The summed E-state index contributed by atoms with van der Waals surface area (Å²) in [5.74, 6) is 9.26. The van der Waals surface area contributed by atoms with Crippen LogP contribution in [-0.4, -0.2) is 64.2 Å². The van der Waals surface area contributed by atoms with Gasteiger partial charge in [-0.25, -0.2) is 19.2 Å². The van der Waals surface area contributed by atoms with Gasteiger partial charge in [0.05, 0.1) is 26.2 Å². The number of halogens is 2. The molecule has 0 unspecified atom stereocenters. The molecule has 4 aromatic rings. The molecule has 8 nitrogen and oxygen atoms in total. The van der Waals surface area contributed by atoms with E-state index in [9.17, 15) is 9.18 Å². The predicted molar refractivity (Wildman–Crippen MR) is 165 cm³/mol. The zero-order valence-electron chi connectivity index (χ0n) is 22.4. The first-order valence-electron chi connectivity index (χ1n) is 13.5. The van der Waals surface area contributed by atoms with Crippen molar-refractivity contribution in [1.29, 1.82) is 0 Å². The number of thiophene rings is 1. The van der Waals surface area contributed by atoms with Gasteiger partial charge in [0.25, 0.3) is 0 Å². The van der Waals surface area contributed by atoms with Crippen molar-refractivity contribution in [2.24, 2.45) is 0 Å². The largest absolute Gasteiger partial charge is 0.487 e. The Hall–Kier alpha value is -3.56. The van der Waals surface area contributed by atoms with E-state index in [1.54, 1.807) is 29.2 Å². The number of thioether (sulfide) groups is 1. The van der Waals surface area contributed by atoms with E-state index in [4.69, 9.17) is 21.1 Å². The van der Waals surface area contributed by atoms with Gasteiger partial charge in [-0.05, 0) is 42.0 Å². The van der Waals surface area contributed by atoms with Crippen molar-refractivity contribution in [3.8, 4) is 17.6 Å². The van der Waals surface area contributed by atoms with Crippen molar-refractivity contribution >= 4 is 62.5 Å². The fraction of sp³-hybridized carbons (Fsp3) is 0.300. The molecular weight excluding hydrogens is 597 g/mol. The summed E-state index contributed by atoms with van der Waals surface area (Å²) < 4.78 is 25.8. The fourth-order valence-electron chi connectivity index (χ4n) is 4.65. The van der Waals surface area contributed by atoms with Crippen molar-refractivity contribution in [2.75, 3.05) is 36.5 Å². The van der Waals surface area contributed by atoms with Crippen LogP contribution in [0.3, 0.4) is 0 Å². The first-order valence-corrected chi connectivity index (χ1v) is 15.8. The second-order valence-corrected chi connectivity index (χ2v) is 12.5. The van der Waals surface area contributed by atoms with E-state index in [1.165, 1.54) is 29.8 Å². The zero-order valence-corrected chi connectivity index (χ0v) is 24.8. The number of rotatable bonds is 6. The number of anilines is 2. The average Bonchev–Trinajstić information content (AvgIpc) is 3.63. The van der Waals surface area contributed by atoms with Crippen molar-refractivity contribution in [2.45, 2.75) is 25.2 Å². The number of aromatic nitrogens is 2. The lowest BCUT2D eigenvalue weighted by Gasteiger charge is -2.26. The number of nitrogens with one attached hydrogen (secondary N) is 2. The number of hydrogen-bond donors (Lipinski definition) is 2. The number of benzene rings is 2. The SMILES string of the molecule is O=C(O[C@H]1CN[C@H](C#Cc2cc3ncnc(Nc4ccc(OCc5cccc(F)c5)c(Cl)c4)c3s2)C1)N1CCSCC1. The van der Waals surface area contributed by atoms with E-state index in [-0.39, 0.29) is 30.7 Å². The van der Waals surface area contributed by atoms with Gasteiger partial charge in [-0.15, -0.1) is 11.3 Å². The van der Waals surface area contributed by atoms with Crippen molar-refractivity contribution < 1.29 is 18.7 Å². The first kappa shape index (κ1) is 28.6. The summed E-state index contributed by atoms with van der Waals surface area (Å²) in [6.07, 6.45) is 1.75. The molecule has 2 aliphatic rings. The molecule has 2 atom stereocenters. The highest BCUT2D eigenvalue weighted by Gasteiger charge is 2.28. The molecule has 42 heavy (non-hydrogen) atoms. The Morgan fingerprint density at radius 1 is 1.19 bits per heavy atom. The minimum absolute atomic E-state index is 0.0580. The van der Waals surface area contributed by atoms with Crippen LogP contribution in [0, 0.1) is 17.7 Å². The van der Waals surface area contributed by atoms with E-state index in [2.05, 4.69) is 32.4 Å². The number of carbonyl (C=O) groups is 1. The van der Waals surface area contributed by atoms with Crippen LogP contribution in [0.2, 0.25) is 5.02 Å². The van der Waals surface area contributed by atoms with E-state index < -0.39 is 0 Å². The van der Waals surface area contributed by atoms with Crippen LogP contribution >= 0.6 is 34.7 Å². The quantitative estimate of drug-likeness (QED) is 0.250. The molecule has 6 rings (SSSR count). The number of amides is 1. The van der Waals surface area contributed by atoms with Crippen LogP contribution in [0.4, 0.5) is 20.7 Å². The Bertz CT molecular complexity index is 1650. The molecule has 0 spiro atoms.